The molecule has 1 rings (SSSR count). The van der Waals surface area contributed by atoms with Crippen molar-refractivity contribution in [3.05, 3.63) is 22.5 Å². The molecule has 0 aliphatic carbocycles. The highest BCUT2D eigenvalue weighted by Crippen LogP contribution is 2.21. The molecule has 0 atom stereocenters. The molecule has 0 fully saturated rings. The minimum atomic E-state index is -0.195. The van der Waals surface area contributed by atoms with Gasteiger partial charge in [-0.2, -0.15) is 0 Å². The number of rotatable bonds is 6. The lowest BCUT2D eigenvalue weighted by Crippen LogP contribution is -2.30. The molecule has 0 radical (unpaired) electrons. The summed E-state index contributed by atoms with van der Waals surface area (Å²) < 4.78 is 0. The third kappa shape index (κ3) is 4.08. The van der Waals surface area contributed by atoms with Crippen LogP contribution in [0, 0.1) is 6.92 Å². The number of hydrogen-bond donors (Lipinski definition) is 3. The number of halogens is 1. The van der Waals surface area contributed by atoms with E-state index in [0.29, 0.717) is 30.8 Å². The summed E-state index contributed by atoms with van der Waals surface area (Å²) in [4.78, 5) is 26.6. The Bertz CT molecular complexity index is 455. The van der Waals surface area contributed by atoms with Crippen LogP contribution in [-0.4, -0.2) is 29.8 Å². The lowest BCUT2D eigenvalue weighted by Gasteiger charge is -2.05. The highest BCUT2D eigenvalue weighted by Gasteiger charge is 2.21. The molecule has 0 aliphatic heterocycles. The predicted molar refractivity (Wildman–Crippen MR) is 78.2 cm³/mol. The molecule has 108 valence electrons. The van der Waals surface area contributed by atoms with E-state index >= 15 is 0 Å². The monoisotopic (exact) mass is 287 g/mol. The van der Waals surface area contributed by atoms with Gasteiger partial charge in [-0.25, -0.2) is 0 Å². The number of H-pyrrole nitrogens is 1. The minimum absolute atomic E-state index is 0. The fourth-order valence-electron chi connectivity index (χ4n) is 2.12. The Balaban J connectivity index is 0.00000324. The largest absolute Gasteiger partial charge is 0.354 e. The van der Waals surface area contributed by atoms with Crippen LogP contribution >= 0.6 is 12.4 Å². The van der Waals surface area contributed by atoms with Gasteiger partial charge in [0.25, 0.3) is 5.91 Å². The van der Waals surface area contributed by atoms with E-state index in [0.717, 1.165) is 17.7 Å². The van der Waals surface area contributed by atoms with Crippen molar-refractivity contribution in [3.63, 3.8) is 0 Å². The summed E-state index contributed by atoms with van der Waals surface area (Å²) in [6.07, 6.45) is 1.60. The SMILES string of the molecule is CCCc1c(C(=O)NCCN)[nH]c(C)c1C(C)=O.Cl. The van der Waals surface area contributed by atoms with Crippen molar-refractivity contribution < 1.29 is 9.59 Å². The zero-order chi connectivity index (χ0) is 13.7. The number of ketones is 1. The van der Waals surface area contributed by atoms with Crippen molar-refractivity contribution in [1.82, 2.24) is 10.3 Å². The maximum Gasteiger partial charge on any atom is 0.268 e. The van der Waals surface area contributed by atoms with E-state index in [1.807, 2.05) is 13.8 Å². The number of aromatic nitrogens is 1. The van der Waals surface area contributed by atoms with E-state index in [1.165, 1.54) is 6.92 Å². The molecule has 0 saturated carbocycles. The maximum absolute atomic E-state index is 12.0. The van der Waals surface area contributed by atoms with Crippen LogP contribution in [0.3, 0.4) is 0 Å². The second kappa shape index (κ2) is 7.96. The number of Topliss-reactive ketones (excluding diaryl/α,β-unsaturated/α-hetero) is 1. The Morgan fingerprint density at radius 2 is 2.00 bits per heavy atom. The summed E-state index contributed by atoms with van der Waals surface area (Å²) in [7, 11) is 0. The summed E-state index contributed by atoms with van der Waals surface area (Å²) in [6.45, 7) is 6.19. The Morgan fingerprint density at radius 1 is 1.37 bits per heavy atom. The van der Waals surface area contributed by atoms with Gasteiger partial charge in [0.2, 0.25) is 0 Å². The number of aromatic amines is 1. The van der Waals surface area contributed by atoms with Gasteiger partial charge in [0.05, 0.1) is 0 Å². The van der Waals surface area contributed by atoms with Crippen molar-refractivity contribution >= 4 is 24.1 Å². The van der Waals surface area contributed by atoms with Gasteiger partial charge in [0, 0.05) is 24.3 Å². The Morgan fingerprint density at radius 3 is 2.47 bits per heavy atom. The topological polar surface area (TPSA) is 88.0 Å². The lowest BCUT2D eigenvalue weighted by molar-refractivity contribution is 0.0949. The number of hydrogen-bond acceptors (Lipinski definition) is 3. The number of carbonyl (C=O) groups is 2. The normalized spacial score (nSPS) is 9.89. The molecule has 0 unspecified atom stereocenters. The highest BCUT2D eigenvalue weighted by atomic mass is 35.5. The quantitative estimate of drug-likeness (QED) is 0.694. The first-order chi connectivity index (χ1) is 8.52. The smallest absolute Gasteiger partial charge is 0.268 e. The molecule has 1 aromatic rings. The molecule has 4 N–H and O–H groups in total. The van der Waals surface area contributed by atoms with Gasteiger partial charge in [0.15, 0.2) is 5.78 Å². The molecule has 19 heavy (non-hydrogen) atoms. The van der Waals surface area contributed by atoms with Gasteiger partial charge in [-0.1, -0.05) is 13.3 Å². The number of nitrogens with two attached hydrogens (primary N) is 1. The van der Waals surface area contributed by atoms with Crippen LogP contribution in [-0.2, 0) is 6.42 Å². The molecular formula is C13H22ClN3O2. The molecule has 0 spiro atoms. The molecule has 6 heteroatoms. The van der Waals surface area contributed by atoms with E-state index in [2.05, 4.69) is 10.3 Å². The van der Waals surface area contributed by atoms with Gasteiger partial charge in [-0.3, -0.25) is 9.59 Å². The minimum Gasteiger partial charge on any atom is -0.354 e. The zero-order valence-corrected chi connectivity index (χ0v) is 12.4. The summed E-state index contributed by atoms with van der Waals surface area (Å²) in [5.74, 6) is -0.204. The molecule has 0 aliphatic rings. The number of nitrogens with one attached hydrogen (secondary N) is 2. The molecular weight excluding hydrogens is 266 g/mol. The van der Waals surface area contributed by atoms with Crippen LogP contribution in [0.15, 0.2) is 0 Å². The zero-order valence-electron chi connectivity index (χ0n) is 11.6. The average Bonchev–Trinajstić information content (AvgIpc) is 2.63. The van der Waals surface area contributed by atoms with Crippen LogP contribution < -0.4 is 11.1 Å². The molecule has 0 aromatic carbocycles. The van der Waals surface area contributed by atoms with Crippen molar-refractivity contribution in [1.29, 1.82) is 0 Å². The van der Waals surface area contributed by atoms with Crippen LogP contribution in [0.5, 0.6) is 0 Å². The van der Waals surface area contributed by atoms with Crippen molar-refractivity contribution in [2.24, 2.45) is 5.73 Å². The van der Waals surface area contributed by atoms with Gasteiger partial charge >= 0.3 is 0 Å². The summed E-state index contributed by atoms with van der Waals surface area (Å²) in [5.41, 5.74) is 8.07. The van der Waals surface area contributed by atoms with E-state index in [1.54, 1.807) is 0 Å². The van der Waals surface area contributed by atoms with Gasteiger partial charge in [0.1, 0.15) is 5.69 Å². The van der Waals surface area contributed by atoms with Crippen LogP contribution in [0.25, 0.3) is 0 Å². The number of amides is 1. The lowest BCUT2D eigenvalue weighted by atomic mass is 10.0. The molecule has 0 saturated heterocycles. The standard InChI is InChI=1S/C13H21N3O2.ClH/c1-4-5-10-11(9(3)17)8(2)16-12(10)13(18)15-7-6-14;/h16H,4-7,14H2,1-3H3,(H,15,18);1H. The summed E-state index contributed by atoms with van der Waals surface area (Å²) >= 11 is 0. The Labute approximate surface area is 119 Å². The Hall–Kier alpha value is -1.33. The van der Waals surface area contributed by atoms with Crippen molar-refractivity contribution in [2.45, 2.75) is 33.6 Å². The second-order valence-corrected chi connectivity index (χ2v) is 4.33. The van der Waals surface area contributed by atoms with Crippen LogP contribution in [0.4, 0.5) is 0 Å². The summed E-state index contributed by atoms with van der Waals surface area (Å²) in [6, 6.07) is 0. The van der Waals surface area contributed by atoms with Crippen molar-refractivity contribution in [2.75, 3.05) is 13.1 Å². The Kier molecular flexibility index (Phi) is 7.41. The van der Waals surface area contributed by atoms with Gasteiger partial charge in [-0.15, -0.1) is 12.4 Å². The third-order valence-electron chi connectivity index (χ3n) is 2.80. The van der Waals surface area contributed by atoms with E-state index in [-0.39, 0.29) is 24.1 Å². The number of aryl methyl sites for hydroxylation is 1. The maximum atomic E-state index is 12.0. The first kappa shape index (κ1) is 17.7. The predicted octanol–water partition coefficient (Wildman–Crippen LogP) is 1.59. The van der Waals surface area contributed by atoms with Gasteiger partial charge < -0.3 is 16.0 Å². The van der Waals surface area contributed by atoms with E-state index < -0.39 is 0 Å². The third-order valence-corrected chi connectivity index (χ3v) is 2.80. The molecule has 1 heterocycles. The fourth-order valence-corrected chi connectivity index (χ4v) is 2.12. The molecule has 5 nitrogen and oxygen atoms in total. The summed E-state index contributed by atoms with van der Waals surface area (Å²) in [5, 5.41) is 2.72. The first-order valence-electron chi connectivity index (χ1n) is 6.23. The molecule has 1 aromatic heterocycles. The van der Waals surface area contributed by atoms with E-state index in [9.17, 15) is 9.59 Å². The second-order valence-electron chi connectivity index (χ2n) is 4.33. The van der Waals surface area contributed by atoms with Crippen molar-refractivity contribution in [3.8, 4) is 0 Å². The van der Waals surface area contributed by atoms with Crippen LogP contribution in [0.2, 0.25) is 0 Å². The van der Waals surface area contributed by atoms with Crippen LogP contribution in [0.1, 0.15) is 52.4 Å². The number of carbonyl (C=O) groups excluding carboxylic acids is 2. The molecule has 0 bridgehead atoms. The van der Waals surface area contributed by atoms with E-state index in [4.69, 9.17) is 5.73 Å². The fraction of sp³-hybridized carbons (Fsp3) is 0.538. The highest BCUT2D eigenvalue weighted by molar-refractivity contribution is 6.02. The average molecular weight is 288 g/mol. The first-order valence-corrected chi connectivity index (χ1v) is 6.23. The van der Waals surface area contributed by atoms with Gasteiger partial charge in [-0.05, 0) is 25.8 Å². The molecule has 1 amide bonds.